The Hall–Kier alpha value is -1.69. The molecule has 16 heavy (non-hydrogen) atoms. The van der Waals surface area contributed by atoms with Crippen molar-refractivity contribution in [2.45, 2.75) is 13.0 Å². The Morgan fingerprint density at radius 2 is 2.12 bits per heavy atom. The van der Waals surface area contributed by atoms with Gasteiger partial charge in [-0.1, -0.05) is 6.07 Å². The second-order valence-corrected chi connectivity index (χ2v) is 3.18. The second-order valence-electron chi connectivity index (χ2n) is 3.18. The van der Waals surface area contributed by atoms with Crippen molar-refractivity contribution in [2.24, 2.45) is 5.73 Å². The summed E-state index contributed by atoms with van der Waals surface area (Å²) in [5.74, 6) is -0.591. The van der Waals surface area contributed by atoms with E-state index in [1.807, 2.05) is 0 Å². The van der Waals surface area contributed by atoms with Gasteiger partial charge in [0.25, 0.3) is 6.43 Å². The largest absolute Gasteiger partial charge is 0.398 e. The molecule has 1 rings (SSSR count). The minimum Gasteiger partial charge on any atom is -0.398 e. The lowest BCUT2D eigenvalue weighted by molar-refractivity contribution is 0.0101. The van der Waals surface area contributed by atoms with Gasteiger partial charge in [-0.3, -0.25) is 4.79 Å². The van der Waals surface area contributed by atoms with Gasteiger partial charge in [-0.05, 0) is 12.1 Å². The maximum atomic E-state index is 11.8. The van der Waals surface area contributed by atoms with Crippen LogP contribution in [0.1, 0.15) is 15.9 Å². The molecule has 88 valence electrons. The van der Waals surface area contributed by atoms with Crippen LogP contribution in [0.25, 0.3) is 0 Å². The number of ether oxygens (including phenoxy) is 1. The summed E-state index contributed by atoms with van der Waals surface area (Å²) in [5, 5.41) is 0. The van der Waals surface area contributed by atoms with Crippen molar-refractivity contribution >= 4 is 11.6 Å². The van der Waals surface area contributed by atoms with E-state index in [0.29, 0.717) is 11.3 Å². The third-order valence-corrected chi connectivity index (χ3v) is 1.93. The van der Waals surface area contributed by atoms with Crippen LogP contribution in [0.2, 0.25) is 0 Å². The number of anilines is 1. The number of nitrogens with two attached hydrogens (primary N) is 2. The van der Waals surface area contributed by atoms with E-state index < -0.39 is 18.9 Å². The van der Waals surface area contributed by atoms with Gasteiger partial charge < -0.3 is 16.2 Å². The predicted octanol–water partition coefficient (Wildman–Crippen LogP) is 1.15. The SMILES string of the molecule is NC(=O)c1ccc(COCC(F)F)c(N)c1. The molecule has 0 radical (unpaired) electrons. The zero-order valence-electron chi connectivity index (χ0n) is 8.45. The highest BCUT2D eigenvalue weighted by Crippen LogP contribution is 2.15. The van der Waals surface area contributed by atoms with Gasteiger partial charge in [0.05, 0.1) is 6.61 Å². The molecule has 0 aromatic heterocycles. The molecule has 0 unspecified atom stereocenters. The number of hydrogen-bond donors (Lipinski definition) is 2. The van der Waals surface area contributed by atoms with E-state index in [1.165, 1.54) is 18.2 Å². The highest BCUT2D eigenvalue weighted by Gasteiger charge is 2.06. The molecule has 1 amide bonds. The van der Waals surface area contributed by atoms with Crippen LogP contribution in [-0.2, 0) is 11.3 Å². The molecule has 0 aliphatic carbocycles. The molecular weight excluding hydrogens is 218 g/mol. The first-order chi connectivity index (χ1) is 7.50. The van der Waals surface area contributed by atoms with E-state index in [4.69, 9.17) is 16.2 Å². The molecule has 4 N–H and O–H groups in total. The smallest absolute Gasteiger partial charge is 0.261 e. The lowest BCUT2D eigenvalue weighted by Gasteiger charge is -2.07. The van der Waals surface area contributed by atoms with E-state index in [0.717, 1.165) is 0 Å². The molecule has 0 aliphatic heterocycles. The molecule has 6 heteroatoms. The molecule has 0 spiro atoms. The Kier molecular flexibility index (Phi) is 4.19. The van der Waals surface area contributed by atoms with Crippen LogP contribution in [0.15, 0.2) is 18.2 Å². The van der Waals surface area contributed by atoms with Crippen molar-refractivity contribution in [1.82, 2.24) is 0 Å². The molecule has 0 saturated heterocycles. The van der Waals surface area contributed by atoms with Crippen LogP contribution in [0.5, 0.6) is 0 Å². The van der Waals surface area contributed by atoms with Gasteiger partial charge >= 0.3 is 0 Å². The van der Waals surface area contributed by atoms with Crippen molar-refractivity contribution in [3.8, 4) is 0 Å². The predicted molar refractivity (Wildman–Crippen MR) is 55.0 cm³/mol. The molecule has 0 saturated carbocycles. The average molecular weight is 230 g/mol. The summed E-state index contributed by atoms with van der Waals surface area (Å²) in [7, 11) is 0. The standard InChI is InChI=1S/C10H12F2N2O2/c11-9(12)5-16-4-7-2-1-6(10(14)15)3-8(7)13/h1-3,9H,4-5,13H2,(H2,14,15). The maximum absolute atomic E-state index is 11.8. The molecular formula is C10H12F2N2O2. The van der Waals surface area contributed by atoms with Crippen LogP contribution >= 0.6 is 0 Å². The highest BCUT2D eigenvalue weighted by molar-refractivity contribution is 5.93. The number of rotatable bonds is 5. The number of amides is 1. The van der Waals surface area contributed by atoms with Crippen LogP contribution in [-0.4, -0.2) is 18.9 Å². The van der Waals surface area contributed by atoms with Gasteiger partial charge in [0, 0.05) is 16.8 Å². The monoisotopic (exact) mass is 230 g/mol. The van der Waals surface area contributed by atoms with E-state index in [2.05, 4.69) is 0 Å². The summed E-state index contributed by atoms with van der Waals surface area (Å²) < 4.78 is 28.3. The van der Waals surface area contributed by atoms with E-state index in [-0.39, 0.29) is 12.2 Å². The molecule has 0 aliphatic rings. The number of carbonyl (C=O) groups excluding carboxylic acids is 1. The second kappa shape index (κ2) is 5.41. The molecule has 1 aromatic carbocycles. The summed E-state index contributed by atoms with van der Waals surface area (Å²) in [4.78, 5) is 10.8. The van der Waals surface area contributed by atoms with Gasteiger partial charge in [0.15, 0.2) is 0 Å². The Morgan fingerprint density at radius 1 is 1.44 bits per heavy atom. The van der Waals surface area contributed by atoms with Gasteiger partial charge in [-0.25, -0.2) is 8.78 Å². The normalized spacial score (nSPS) is 10.7. The zero-order chi connectivity index (χ0) is 12.1. The summed E-state index contributed by atoms with van der Waals surface area (Å²) >= 11 is 0. The van der Waals surface area contributed by atoms with Gasteiger partial charge in [0.2, 0.25) is 5.91 Å². The third-order valence-electron chi connectivity index (χ3n) is 1.93. The number of carbonyl (C=O) groups is 1. The third kappa shape index (κ3) is 3.47. The van der Waals surface area contributed by atoms with Crippen LogP contribution < -0.4 is 11.5 Å². The summed E-state index contributed by atoms with van der Waals surface area (Å²) in [6.45, 7) is -0.660. The molecule has 4 nitrogen and oxygen atoms in total. The fourth-order valence-electron chi connectivity index (χ4n) is 1.14. The van der Waals surface area contributed by atoms with Crippen molar-refractivity contribution in [3.05, 3.63) is 29.3 Å². The van der Waals surface area contributed by atoms with Gasteiger partial charge in [-0.2, -0.15) is 0 Å². The maximum Gasteiger partial charge on any atom is 0.261 e. The summed E-state index contributed by atoms with van der Waals surface area (Å²) in [5.41, 5.74) is 11.8. The Labute approximate surface area is 91.2 Å². The molecule has 0 atom stereocenters. The topological polar surface area (TPSA) is 78.3 Å². The highest BCUT2D eigenvalue weighted by atomic mass is 19.3. The van der Waals surface area contributed by atoms with Crippen LogP contribution in [0.3, 0.4) is 0 Å². The van der Waals surface area contributed by atoms with E-state index in [9.17, 15) is 13.6 Å². The molecule has 0 bridgehead atoms. The van der Waals surface area contributed by atoms with Gasteiger partial charge in [0.1, 0.15) is 6.61 Å². The summed E-state index contributed by atoms with van der Waals surface area (Å²) in [6.07, 6.45) is -2.51. The average Bonchev–Trinajstić information content (AvgIpc) is 2.19. The van der Waals surface area contributed by atoms with Crippen molar-refractivity contribution in [3.63, 3.8) is 0 Å². The number of benzene rings is 1. The number of hydrogen-bond acceptors (Lipinski definition) is 3. The Balaban J connectivity index is 2.64. The minimum atomic E-state index is -2.51. The first-order valence-electron chi connectivity index (χ1n) is 4.55. The minimum absolute atomic E-state index is 0.0186. The van der Waals surface area contributed by atoms with Crippen LogP contribution in [0.4, 0.5) is 14.5 Å². The van der Waals surface area contributed by atoms with E-state index >= 15 is 0 Å². The number of nitrogen functional groups attached to an aromatic ring is 1. The van der Waals surface area contributed by atoms with Crippen molar-refractivity contribution in [1.29, 1.82) is 0 Å². The number of halogens is 2. The Bertz CT molecular complexity index is 383. The first-order valence-corrected chi connectivity index (χ1v) is 4.55. The zero-order valence-corrected chi connectivity index (χ0v) is 8.45. The fraction of sp³-hybridized carbons (Fsp3) is 0.300. The Morgan fingerprint density at radius 3 is 2.62 bits per heavy atom. The fourth-order valence-corrected chi connectivity index (χ4v) is 1.14. The first kappa shape index (κ1) is 12.4. The lowest BCUT2D eigenvalue weighted by Crippen LogP contribution is -2.12. The van der Waals surface area contributed by atoms with E-state index in [1.54, 1.807) is 0 Å². The van der Waals surface area contributed by atoms with Crippen molar-refractivity contribution in [2.75, 3.05) is 12.3 Å². The molecule has 1 aromatic rings. The quantitative estimate of drug-likeness (QED) is 0.745. The van der Waals surface area contributed by atoms with Crippen molar-refractivity contribution < 1.29 is 18.3 Å². The van der Waals surface area contributed by atoms with Crippen LogP contribution in [0, 0.1) is 0 Å². The molecule has 0 heterocycles. The lowest BCUT2D eigenvalue weighted by atomic mass is 10.1. The van der Waals surface area contributed by atoms with Gasteiger partial charge in [-0.15, -0.1) is 0 Å². The summed E-state index contributed by atoms with van der Waals surface area (Å²) in [6, 6.07) is 4.39. The number of alkyl halides is 2. The molecule has 0 fully saturated rings. The number of primary amides is 1.